The maximum atomic E-state index is 12.2. The van der Waals surface area contributed by atoms with Crippen molar-refractivity contribution in [1.29, 1.82) is 0 Å². The highest BCUT2D eigenvalue weighted by atomic mass is 32.2. The Morgan fingerprint density at radius 2 is 2.00 bits per heavy atom. The lowest BCUT2D eigenvalue weighted by atomic mass is 9.94. The highest BCUT2D eigenvalue weighted by molar-refractivity contribution is 7.98. The van der Waals surface area contributed by atoms with E-state index in [0.717, 1.165) is 17.9 Å². The summed E-state index contributed by atoms with van der Waals surface area (Å²) in [6, 6.07) is 9.55. The van der Waals surface area contributed by atoms with Crippen LogP contribution in [-0.2, 0) is 4.79 Å². The molecule has 3 nitrogen and oxygen atoms in total. The van der Waals surface area contributed by atoms with E-state index in [-0.39, 0.29) is 17.9 Å². The summed E-state index contributed by atoms with van der Waals surface area (Å²) in [6.45, 7) is 2.67. The van der Waals surface area contributed by atoms with Crippen molar-refractivity contribution in [2.75, 3.05) is 25.6 Å². The average molecular weight is 266 g/mol. The van der Waals surface area contributed by atoms with Crippen LogP contribution in [0.15, 0.2) is 30.3 Å². The molecule has 0 radical (unpaired) electrons. The number of benzene rings is 1. The van der Waals surface area contributed by atoms with Crippen molar-refractivity contribution in [2.24, 2.45) is 11.7 Å². The van der Waals surface area contributed by atoms with Gasteiger partial charge < -0.3 is 10.6 Å². The second kappa shape index (κ2) is 7.44. The third kappa shape index (κ3) is 4.03. The molecule has 1 amide bonds. The number of thioether (sulfide) groups is 1. The molecule has 2 atom stereocenters. The first-order chi connectivity index (χ1) is 8.57. The highest BCUT2D eigenvalue weighted by Gasteiger charge is 2.24. The molecule has 18 heavy (non-hydrogen) atoms. The fourth-order valence-corrected chi connectivity index (χ4v) is 2.26. The lowest BCUT2D eigenvalue weighted by Crippen LogP contribution is -2.38. The van der Waals surface area contributed by atoms with Crippen LogP contribution in [0.2, 0.25) is 0 Å². The molecule has 1 aromatic carbocycles. The smallest absolute Gasteiger partial charge is 0.227 e. The zero-order valence-electron chi connectivity index (χ0n) is 11.3. The molecule has 0 aromatic heterocycles. The van der Waals surface area contributed by atoms with E-state index in [1.54, 1.807) is 16.7 Å². The van der Waals surface area contributed by atoms with Crippen LogP contribution in [0.4, 0.5) is 0 Å². The Bertz CT molecular complexity index is 369. The topological polar surface area (TPSA) is 46.3 Å². The molecule has 4 heteroatoms. The van der Waals surface area contributed by atoms with Gasteiger partial charge in [0.25, 0.3) is 0 Å². The van der Waals surface area contributed by atoms with Crippen LogP contribution in [0.25, 0.3) is 0 Å². The van der Waals surface area contributed by atoms with Crippen LogP contribution in [0.3, 0.4) is 0 Å². The lowest BCUT2D eigenvalue weighted by molar-refractivity contribution is -0.134. The molecular formula is C14H22N2OS. The fourth-order valence-electron chi connectivity index (χ4n) is 1.80. The monoisotopic (exact) mass is 266 g/mol. The molecule has 0 heterocycles. The first kappa shape index (κ1) is 15.1. The molecule has 2 N–H and O–H groups in total. The van der Waals surface area contributed by atoms with E-state index in [4.69, 9.17) is 5.73 Å². The number of carbonyl (C=O) groups excluding carboxylic acids is 1. The van der Waals surface area contributed by atoms with Crippen molar-refractivity contribution in [3.8, 4) is 0 Å². The highest BCUT2D eigenvalue weighted by Crippen LogP contribution is 2.20. The van der Waals surface area contributed by atoms with Crippen LogP contribution in [0, 0.1) is 5.92 Å². The summed E-state index contributed by atoms with van der Waals surface area (Å²) in [6.07, 6.45) is 2.04. The first-order valence-corrected chi connectivity index (χ1v) is 7.51. The summed E-state index contributed by atoms with van der Waals surface area (Å²) in [5.74, 6) is 0.870. The van der Waals surface area contributed by atoms with E-state index in [9.17, 15) is 4.79 Å². The van der Waals surface area contributed by atoms with Crippen LogP contribution in [0.1, 0.15) is 18.5 Å². The molecule has 0 aliphatic heterocycles. The maximum absolute atomic E-state index is 12.2. The molecule has 0 fully saturated rings. The third-order valence-electron chi connectivity index (χ3n) is 3.12. The Morgan fingerprint density at radius 3 is 2.56 bits per heavy atom. The van der Waals surface area contributed by atoms with Crippen LogP contribution in [0.5, 0.6) is 0 Å². The van der Waals surface area contributed by atoms with Gasteiger partial charge in [-0.15, -0.1) is 0 Å². The van der Waals surface area contributed by atoms with Crippen molar-refractivity contribution < 1.29 is 4.79 Å². The summed E-state index contributed by atoms with van der Waals surface area (Å²) in [4.78, 5) is 14.0. The molecule has 0 saturated heterocycles. The molecule has 0 spiro atoms. The Morgan fingerprint density at radius 1 is 1.39 bits per heavy atom. The minimum Gasteiger partial charge on any atom is -0.345 e. The van der Waals surface area contributed by atoms with E-state index in [2.05, 4.69) is 0 Å². The van der Waals surface area contributed by atoms with Gasteiger partial charge in [0.1, 0.15) is 0 Å². The number of nitrogens with two attached hydrogens (primary N) is 1. The van der Waals surface area contributed by atoms with E-state index in [0.29, 0.717) is 0 Å². The Hall–Kier alpha value is -1.00. The summed E-state index contributed by atoms with van der Waals surface area (Å²) in [5, 5.41) is 0. The second-order valence-corrected chi connectivity index (χ2v) is 5.46. The van der Waals surface area contributed by atoms with Gasteiger partial charge in [-0.3, -0.25) is 4.79 Å². The largest absolute Gasteiger partial charge is 0.345 e. The fraction of sp³-hybridized carbons (Fsp3) is 0.500. The Balaban J connectivity index is 2.63. The molecule has 100 valence electrons. The van der Waals surface area contributed by atoms with E-state index >= 15 is 0 Å². The molecule has 2 unspecified atom stereocenters. The number of rotatable bonds is 6. The van der Waals surface area contributed by atoms with Gasteiger partial charge in [-0.05, 0) is 11.8 Å². The van der Waals surface area contributed by atoms with E-state index in [1.165, 1.54) is 0 Å². The molecular weight excluding hydrogens is 244 g/mol. The molecule has 0 aliphatic rings. The van der Waals surface area contributed by atoms with Crippen LogP contribution in [-0.4, -0.2) is 36.4 Å². The Labute approximate surface area is 114 Å². The van der Waals surface area contributed by atoms with Crippen molar-refractivity contribution in [3.63, 3.8) is 0 Å². The number of nitrogens with zero attached hydrogens (tertiary/aromatic N) is 1. The summed E-state index contributed by atoms with van der Waals surface area (Å²) >= 11 is 1.74. The zero-order valence-corrected chi connectivity index (χ0v) is 12.1. The molecule has 0 bridgehead atoms. The standard InChI is InChI=1S/C14H22N2OS/c1-11(14(17)16(2)9-10-18-3)13(15)12-7-5-4-6-8-12/h4-8,11,13H,9-10,15H2,1-3H3. The Kier molecular flexibility index (Phi) is 6.22. The lowest BCUT2D eigenvalue weighted by Gasteiger charge is -2.25. The quantitative estimate of drug-likeness (QED) is 0.858. The van der Waals surface area contributed by atoms with Gasteiger partial charge in [0.15, 0.2) is 0 Å². The van der Waals surface area contributed by atoms with E-state index < -0.39 is 0 Å². The molecule has 1 rings (SSSR count). The number of amides is 1. The number of hydrogen-bond donors (Lipinski definition) is 1. The number of hydrogen-bond acceptors (Lipinski definition) is 3. The summed E-state index contributed by atoms with van der Waals surface area (Å²) in [7, 11) is 1.84. The van der Waals surface area contributed by atoms with Crippen LogP contribution < -0.4 is 5.73 Å². The average Bonchev–Trinajstić information content (AvgIpc) is 2.43. The van der Waals surface area contributed by atoms with Crippen molar-refractivity contribution in [3.05, 3.63) is 35.9 Å². The molecule has 0 saturated carbocycles. The van der Waals surface area contributed by atoms with Crippen molar-refractivity contribution >= 4 is 17.7 Å². The van der Waals surface area contributed by atoms with Gasteiger partial charge in [0.2, 0.25) is 5.91 Å². The SMILES string of the molecule is CSCCN(C)C(=O)C(C)C(N)c1ccccc1. The van der Waals surface area contributed by atoms with Gasteiger partial charge in [-0.2, -0.15) is 11.8 Å². The van der Waals surface area contributed by atoms with Gasteiger partial charge in [-0.25, -0.2) is 0 Å². The van der Waals surface area contributed by atoms with Gasteiger partial charge in [0, 0.05) is 25.4 Å². The third-order valence-corrected chi connectivity index (χ3v) is 3.71. The second-order valence-electron chi connectivity index (χ2n) is 4.48. The predicted octanol–water partition coefficient (Wildman–Crippen LogP) is 2.14. The van der Waals surface area contributed by atoms with Gasteiger partial charge >= 0.3 is 0 Å². The molecule has 1 aromatic rings. The van der Waals surface area contributed by atoms with Gasteiger partial charge in [-0.1, -0.05) is 37.3 Å². The first-order valence-electron chi connectivity index (χ1n) is 6.12. The normalized spacial score (nSPS) is 14.0. The number of carbonyl (C=O) groups is 1. The van der Waals surface area contributed by atoms with Crippen molar-refractivity contribution in [2.45, 2.75) is 13.0 Å². The predicted molar refractivity (Wildman–Crippen MR) is 78.6 cm³/mol. The maximum Gasteiger partial charge on any atom is 0.227 e. The molecule has 0 aliphatic carbocycles. The van der Waals surface area contributed by atoms with E-state index in [1.807, 2.05) is 50.6 Å². The van der Waals surface area contributed by atoms with Gasteiger partial charge in [0.05, 0.1) is 5.92 Å². The zero-order chi connectivity index (χ0) is 13.5. The van der Waals surface area contributed by atoms with Crippen molar-refractivity contribution in [1.82, 2.24) is 4.90 Å². The summed E-state index contributed by atoms with van der Waals surface area (Å²) in [5.41, 5.74) is 7.16. The minimum atomic E-state index is -0.240. The minimum absolute atomic E-state index is 0.111. The van der Waals surface area contributed by atoms with Crippen LogP contribution >= 0.6 is 11.8 Å². The summed E-state index contributed by atoms with van der Waals surface area (Å²) < 4.78 is 0.